The third-order valence-electron chi connectivity index (χ3n) is 4.68. The van der Waals surface area contributed by atoms with Gasteiger partial charge in [-0.3, -0.25) is 9.48 Å². The number of rotatable bonds is 7. The Morgan fingerprint density at radius 3 is 2.58 bits per heavy atom. The third-order valence-corrected chi connectivity index (χ3v) is 6.32. The lowest BCUT2D eigenvalue weighted by molar-refractivity contribution is -0.138. The molecule has 13 heteroatoms. The van der Waals surface area contributed by atoms with Crippen LogP contribution in [0.15, 0.2) is 36.5 Å². The molecule has 0 saturated heterocycles. The van der Waals surface area contributed by atoms with E-state index in [4.69, 9.17) is 28.3 Å². The summed E-state index contributed by atoms with van der Waals surface area (Å²) in [6.45, 7) is -0.299. The zero-order valence-corrected chi connectivity index (χ0v) is 19.2. The average Bonchev–Trinajstić information content (AvgIpc) is 3.27. The summed E-state index contributed by atoms with van der Waals surface area (Å²) in [4.78, 5) is 24.0. The van der Waals surface area contributed by atoms with Crippen molar-refractivity contribution in [1.29, 1.82) is 0 Å². The largest absolute Gasteiger partial charge is 0.465 e. The SMILES string of the molecule is Cn1ncc(Cl)c1-c1cc(C(=O)N[C@H](CNC(=O)O)Cc2ccccc2C(F)(F)F)sc1Cl. The minimum atomic E-state index is -4.59. The molecule has 0 bridgehead atoms. The predicted molar refractivity (Wildman–Crippen MR) is 119 cm³/mol. The van der Waals surface area contributed by atoms with Crippen molar-refractivity contribution in [2.45, 2.75) is 18.6 Å². The van der Waals surface area contributed by atoms with Crippen LogP contribution >= 0.6 is 34.5 Å². The number of amides is 2. The molecular formula is C20H17Cl2F3N4O3S. The third kappa shape index (κ3) is 5.98. The molecule has 7 nitrogen and oxygen atoms in total. The predicted octanol–water partition coefficient (Wildman–Crippen LogP) is 5.08. The fourth-order valence-electron chi connectivity index (χ4n) is 3.24. The van der Waals surface area contributed by atoms with Gasteiger partial charge in [0.1, 0.15) is 4.34 Å². The van der Waals surface area contributed by atoms with Crippen LogP contribution in [0, 0.1) is 0 Å². The van der Waals surface area contributed by atoms with E-state index in [1.165, 1.54) is 35.1 Å². The number of carbonyl (C=O) groups is 2. The van der Waals surface area contributed by atoms with Crippen molar-refractivity contribution >= 4 is 46.5 Å². The van der Waals surface area contributed by atoms with Gasteiger partial charge in [-0.25, -0.2) is 4.79 Å². The number of hydrogen-bond acceptors (Lipinski definition) is 4. The molecular weight excluding hydrogens is 504 g/mol. The van der Waals surface area contributed by atoms with Gasteiger partial charge in [0, 0.05) is 19.2 Å². The first-order valence-electron chi connectivity index (χ1n) is 9.37. The highest BCUT2D eigenvalue weighted by Crippen LogP contribution is 2.38. The van der Waals surface area contributed by atoms with Gasteiger partial charge in [0.05, 0.1) is 33.4 Å². The molecule has 3 aromatic rings. The highest BCUT2D eigenvalue weighted by atomic mass is 35.5. The first-order chi connectivity index (χ1) is 15.5. The van der Waals surface area contributed by atoms with Gasteiger partial charge in [0.25, 0.3) is 5.91 Å². The number of alkyl halides is 3. The highest BCUT2D eigenvalue weighted by Gasteiger charge is 2.33. The summed E-state index contributed by atoms with van der Waals surface area (Å²) < 4.78 is 41.8. The number of thiophene rings is 1. The molecule has 33 heavy (non-hydrogen) atoms. The van der Waals surface area contributed by atoms with Crippen molar-refractivity contribution < 1.29 is 27.9 Å². The maximum Gasteiger partial charge on any atom is 0.416 e. The molecule has 0 spiro atoms. The molecule has 0 saturated carbocycles. The molecule has 0 radical (unpaired) electrons. The smallest absolute Gasteiger partial charge is 0.416 e. The van der Waals surface area contributed by atoms with Crippen LogP contribution in [0.4, 0.5) is 18.0 Å². The number of hydrogen-bond donors (Lipinski definition) is 3. The van der Waals surface area contributed by atoms with Crippen LogP contribution in [0.3, 0.4) is 0 Å². The Labute approximate surface area is 200 Å². The Morgan fingerprint density at radius 1 is 1.27 bits per heavy atom. The summed E-state index contributed by atoms with van der Waals surface area (Å²) in [6, 6.07) is 5.46. The first kappa shape index (κ1) is 24.9. The van der Waals surface area contributed by atoms with Crippen molar-refractivity contribution in [1.82, 2.24) is 20.4 Å². The molecule has 176 valence electrons. The summed E-state index contributed by atoms with van der Waals surface area (Å²) in [5.74, 6) is -0.617. The summed E-state index contributed by atoms with van der Waals surface area (Å²) in [5.41, 5.74) is 0.0422. The number of benzene rings is 1. The van der Waals surface area contributed by atoms with Crippen molar-refractivity contribution in [3.63, 3.8) is 0 Å². The summed E-state index contributed by atoms with van der Waals surface area (Å²) in [5, 5.41) is 18.0. The van der Waals surface area contributed by atoms with E-state index >= 15 is 0 Å². The number of nitrogens with zero attached hydrogens (tertiary/aromatic N) is 2. The van der Waals surface area contributed by atoms with Gasteiger partial charge in [-0.1, -0.05) is 41.4 Å². The van der Waals surface area contributed by atoms with E-state index in [9.17, 15) is 22.8 Å². The average molecular weight is 521 g/mol. The summed E-state index contributed by atoms with van der Waals surface area (Å²) in [7, 11) is 1.65. The molecule has 0 aliphatic heterocycles. The van der Waals surface area contributed by atoms with E-state index in [1.54, 1.807) is 7.05 Å². The fraction of sp³-hybridized carbons (Fsp3) is 0.250. The molecule has 3 rings (SSSR count). The molecule has 2 amide bonds. The van der Waals surface area contributed by atoms with Gasteiger partial charge in [0.15, 0.2) is 0 Å². The molecule has 3 N–H and O–H groups in total. The second-order valence-corrected chi connectivity index (χ2v) is 9.04. The Kier molecular flexibility index (Phi) is 7.55. The molecule has 0 fully saturated rings. The van der Waals surface area contributed by atoms with Crippen molar-refractivity contribution in [3.8, 4) is 11.3 Å². The van der Waals surface area contributed by atoms with Gasteiger partial charge in [-0.15, -0.1) is 11.3 Å². The molecule has 2 aromatic heterocycles. The zero-order chi connectivity index (χ0) is 24.3. The molecule has 0 aliphatic carbocycles. The quantitative estimate of drug-likeness (QED) is 0.404. The molecule has 2 heterocycles. The van der Waals surface area contributed by atoms with E-state index < -0.39 is 29.8 Å². The molecule has 0 aliphatic rings. The number of carbonyl (C=O) groups excluding carboxylic acids is 1. The Hall–Kier alpha value is -2.76. The minimum absolute atomic E-state index is 0.0749. The lowest BCUT2D eigenvalue weighted by Gasteiger charge is -2.21. The Balaban J connectivity index is 1.85. The fourth-order valence-corrected chi connectivity index (χ4v) is 4.69. The molecule has 1 atom stereocenters. The number of carboxylic acid groups (broad SMARTS) is 1. The maximum absolute atomic E-state index is 13.4. The second-order valence-electron chi connectivity index (χ2n) is 6.98. The zero-order valence-electron chi connectivity index (χ0n) is 16.9. The lowest BCUT2D eigenvalue weighted by Crippen LogP contribution is -2.44. The number of halogens is 5. The minimum Gasteiger partial charge on any atom is -0.465 e. The first-order valence-corrected chi connectivity index (χ1v) is 10.9. The Morgan fingerprint density at radius 2 is 1.97 bits per heavy atom. The second kappa shape index (κ2) is 10.0. The van der Waals surface area contributed by atoms with Crippen molar-refractivity contribution in [2.24, 2.45) is 7.05 Å². The maximum atomic E-state index is 13.4. The van der Waals surface area contributed by atoms with Gasteiger partial charge >= 0.3 is 12.3 Å². The van der Waals surface area contributed by atoms with Crippen LogP contribution in [0.1, 0.15) is 20.8 Å². The van der Waals surface area contributed by atoms with Gasteiger partial charge in [-0.2, -0.15) is 18.3 Å². The molecule has 1 aromatic carbocycles. The van der Waals surface area contributed by atoms with E-state index in [2.05, 4.69) is 15.7 Å². The molecule has 0 unspecified atom stereocenters. The van der Waals surface area contributed by atoms with Gasteiger partial charge in [0.2, 0.25) is 0 Å². The monoisotopic (exact) mass is 520 g/mol. The standard InChI is InChI=1S/C20H17Cl2F3N4O3S/c1-29-16(14(21)9-27-29)12-7-15(33-17(12)22)18(30)28-11(8-26-19(31)32)6-10-4-2-3-5-13(10)20(23,24)25/h2-5,7,9,11,26H,6,8H2,1H3,(H,28,30)(H,31,32)/t11-/m0/s1. The Bertz CT molecular complexity index is 1160. The van der Waals surface area contributed by atoms with Crippen LogP contribution in [0.2, 0.25) is 9.36 Å². The van der Waals surface area contributed by atoms with Crippen LogP contribution in [0.25, 0.3) is 11.3 Å². The highest BCUT2D eigenvalue weighted by molar-refractivity contribution is 7.18. The van der Waals surface area contributed by atoms with Crippen molar-refractivity contribution in [2.75, 3.05) is 6.54 Å². The van der Waals surface area contributed by atoms with E-state index in [0.29, 0.717) is 16.3 Å². The van der Waals surface area contributed by atoms with Gasteiger partial charge < -0.3 is 15.7 Å². The topological polar surface area (TPSA) is 96.3 Å². The van der Waals surface area contributed by atoms with E-state index in [0.717, 1.165) is 17.4 Å². The lowest BCUT2D eigenvalue weighted by atomic mass is 9.99. The number of aryl methyl sites for hydroxylation is 1. The van der Waals surface area contributed by atoms with E-state index in [1.807, 2.05) is 0 Å². The number of nitrogens with one attached hydrogen (secondary N) is 2. The van der Waals surface area contributed by atoms with Crippen LogP contribution in [-0.4, -0.2) is 39.5 Å². The van der Waals surface area contributed by atoms with Crippen LogP contribution in [0.5, 0.6) is 0 Å². The summed E-state index contributed by atoms with van der Waals surface area (Å²) >= 11 is 13.4. The van der Waals surface area contributed by atoms with Crippen LogP contribution in [-0.2, 0) is 19.6 Å². The summed E-state index contributed by atoms with van der Waals surface area (Å²) in [6.07, 6.45) is -4.78. The normalized spacial score (nSPS) is 12.4. The van der Waals surface area contributed by atoms with Crippen LogP contribution < -0.4 is 10.6 Å². The van der Waals surface area contributed by atoms with Gasteiger partial charge in [-0.05, 0) is 24.1 Å². The number of aromatic nitrogens is 2. The van der Waals surface area contributed by atoms with E-state index in [-0.39, 0.29) is 27.7 Å². The van der Waals surface area contributed by atoms with Crippen molar-refractivity contribution in [3.05, 3.63) is 61.9 Å².